The van der Waals surface area contributed by atoms with Gasteiger partial charge in [0.25, 0.3) is 0 Å². The van der Waals surface area contributed by atoms with Crippen molar-refractivity contribution in [1.29, 1.82) is 0 Å². The highest BCUT2D eigenvalue weighted by Crippen LogP contribution is 2.18. The number of rotatable bonds is 2. The van der Waals surface area contributed by atoms with Crippen LogP contribution in [0.4, 0.5) is 0 Å². The fourth-order valence-electron chi connectivity index (χ4n) is 2.35. The van der Waals surface area contributed by atoms with Crippen molar-refractivity contribution in [3.05, 3.63) is 30.1 Å². The quantitative estimate of drug-likeness (QED) is 0.655. The van der Waals surface area contributed by atoms with Gasteiger partial charge in [-0.15, -0.1) is 0 Å². The Morgan fingerprint density at radius 3 is 2.41 bits per heavy atom. The molecule has 17 heavy (non-hydrogen) atoms. The number of hydrogen-bond donors (Lipinski definition) is 0. The van der Waals surface area contributed by atoms with E-state index in [1.807, 2.05) is 0 Å². The normalized spacial score (nSPS) is 15.8. The van der Waals surface area contributed by atoms with E-state index in [2.05, 4.69) is 54.9 Å². The van der Waals surface area contributed by atoms with Crippen LogP contribution in [-0.2, 0) is 6.42 Å². The molecule has 0 bridgehead atoms. The third-order valence-electron chi connectivity index (χ3n) is 3.02. The molecular weight excluding hydrogens is 276 g/mol. The van der Waals surface area contributed by atoms with E-state index in [9.17, 15) is 0 Å². The van der Waals surface area contributed by atoms with Crippen molar-refractivity contribution in [2.24, 2.45) is 5.41 Å². The second-order valence-electron chi connectivity index (χ2n) is 5.93. The largest absolute Gasteiger partial charge is 1.00 e. The summed E-state index contributed by atoms with van der Waals surface area (Å²) in [5.41, 5.74) is 1.78. The third-order valence-corrected chi connectivity index (χ3v) is 3.02. The van der Waals surface area contributed by atoms with Crippen LogP contribution in [0.3, 0.4) is 0 Å². The van der Waals surface area contributed by atoms with Gasteiger partial charge in [0.1, 0.15) is 0 Å². The minimum atomic E-state index is 0. The van der Waals surface area contributed by atoms with Crippen molar-refractivity contribution in [2.75, 3.05) is 18.1 Å². The second kappa shape index (κ2) is 5.85. The summed E-state index contributed by atoms with van der Waals surface area (Å²) in [6.07, 6.45) is 5.99. The van der Waals surface area contributed by atoms with Crippen LogP contribution < -0.4 is 26.7 Å². The topological polar surface area (TPSA) is 7.12 Å². The van der Waals surface area contributed by atoms with Crippen molar-refractivity contribution >= 4 is 0 Å². The zero-order valence-electron chi connectivity index (χ0n) is 11.1. The summed E-state index contributed by atoms with van der Waals surface area (Å²) in [5.74, 6) is 0. The lowest BCUT2D eigenvalue weighted by Gasteiger charge is -2.19. The van der Waals surface area contributed by atoms with E-state index in [0.717, 1.165) is 6.42 Å². The number of pyridine rings is 1. The average Bonchev–Trinajstić information content (AvgIpc) is 2.69. The first-order valence-corrected chi connectivity index (χ1v) is 6.31. The van der Waals surface area contributed by atoms with E-state index < -0.39 is 0 Å². The fourth-order valence-corrected chi connectivity index (χ4v) is 2.35. The van der Waals surface area contributed by atoms with Crippen molar-refractivity contribution in [3.63, 3.8) is 0 Å². The molecule has 2 nitrogen and oxygen atoms in total. The van der Waals surface area contributed by atoms with Crippen molar-refractivity contribution in [2.45, 2.75) is 40.0 Å². The lowest BCUT2D eigenvalue weighted by atomic mass is 9.90. The number of aromatic nitrogens is 1. The predicted molar refractivity (Wildman–Crippen MR) is 67.0 cm³/mol. The molecule has 1 aliphatic rings. The first-order chi connectivity index (χ1) is 7.56. The molecule has 1 aliphatic heterocycles. The van der Waals surface area contributed by atoms with Crippen LogP contribution in [0.25, 0.3) is 0 Å². The van der Waals surface area contributed by atoms with Crippen molar-refractivity contribution in [1.82, 2.24) is 0 Å². The molecule has 0 aromatic carbocycles. The van der Waals surface area contributed by atoms with E-state index >= 15 is 0 Å². The van der Waals surface area contributed by atoms with Gasteiger partial charge < -0.3 is 17.0 Å². The maximum absolute atomic E-state index is 2.46. The molecule has 0 amide bonds. The van der Waals surface area contributed by atoms with Gasteiger partial charge >= 0.3 is 0 Å². The van der Waals surface area contributed by atoms with Gasteiger partial charge in [-0.1, -0.05) is 25.4 Å². The summed E-state index contributed by atoms with van der Waals surface area (Å²) < 4.78 is 2.36. The predicted octanol–water partition coefficient (Wildman–Crippen LogP) is -0.701. The van der Waals surface area contributed by atoms with Crippen molar-refractivity contribution in [3.8, 4) is 0 Å². The van der Waals surface area contributed by atoms with E-state index in [4.69, 9.17) is 0 Å². The van der Waals surface area contributed by atoms with Gasteiger partial charge in [-0.3, -0.25) is 0 Å². The van der Waals surface area contributed by atoms with Gasteiger partial charge in [0.2, 0.25) is 5.69 Å². The summed E-state index contributed by atoms with van der Waals surface area (Å²) in [6, 6.07) is 6.53. The van der Waals surface area contributed by atoms with Crippen LogP contribution in [-0.4, -0.2) is 13.1 Å². The summed E-state index contributed by atoms with van der Waals surface area (Å²) in [4.78, 5) is 0. The zero-order valence-corrected chi connectivity index (χ0v) is 12.7. The van der Waals surface area contributed by atoms with Crippen LogP contribution in [0.15, 0.2) is 24.4 Å². The lowest BCUT2D eigenvalue weighted by molar-refractivity contribution is -0.699. The Labute approximate surface area is 115 Å². The first-order valence-electron chi connectivity index (χ1n) is 6.31. The first kappa shape index (κ1) is 14.5. The van der Waals surface area contributed by atoms with Crippen LogP contribution in [0, 0.1) is 5.41 Å². The van der Waals surface area contributed by atoms with E-state index in [1.54, 1.807) is 0 Å². The van der Waals surface area contributed by atoms with E-state index in [0.29, 0.717) is 5.41 Å². The molecule has 0 spiro atoms. The minimum absolute atomic E-state index is 0. The Morgan fingerprint density at radius 1 is 1.18 bits per heavy atom. The summed E-state index contributed by atoms with van der Waals surface area (Å²) in [5, 5.41) is 2.46. The molecule has 0 saturated carbocycles. The number of hydrogen-bond acceptors (Lipinski definition) is 1. The van der Waals surface area contributed by atoms with Gasteiger partial charge in [-0.25, -0.2) is 0 Å². The Kier molecular flexibility index (Phi) is 4.99. The number of nitrogens with zero attached hydrogens (tertiary/aromatic N) is 2. The Hall–Kier alpha value is -0.570. The molecule has 0 radical (unpaired) electrons. The molecule has 1 fully saturated rings. The molecule has 1 aromatic heterocycles. The van der Waals surface area contributed by atoms with Gasteiger partial charge in [0.15, 0.2) is 6.20 Å². The summed E-state index contributed by atoms with van der Waals surface area (Å²) in [6.45, 7) is 9.30. The Morgan fingerprint density at radius 2 is 1.82 bits per heavy atom. The smallest absolute Gasteiger partial charge is 0.212 e. The monoisotopic (exact) mass is 298 g/mol. The standard InChI is InChI=1S/C14H23N2.BrH/c1-14(2,3)12-13-8-4-5-11-16(13)15-9-6-7-10-15;/h4-5,8,11H,6-7,9-10,12H2,1-3H3;1H/q+1;/p-1. The summed E-state index contributed by atoms with van der Waals surface area (Å²) in [7, 11) is 0. The van der Waals surface area contributed by atoms with Gasteiger partial charge in [0.05, 0.1) is 13.1 Å². The Bertz CT molecular complexity index is 351. The number of halogens is 1. The molecule has 0 N–H and O–H groups in total. The highest BCUT2D eigenvalue weighted by molar-refractivity contribution is 5.01. The Balaban J connectivity index is 0.00000144. The molecule has 0 aliphatic carbocycles. The molecule has 1 aromatic rings. The molecule has 1 saturated heterocycles. The molecule has 0 unspecified atom stereocenters. The second-order valence-corrected chi connectivity index (χ2v) is 5.93. The van der Waals surface area contributed by atoms with Gasteiger partial charge in [-0.2, -0.15) is 5.01 Å². The average molecular weight is 299 g/mol. The molecular formula is C14H23BrN2. The minimum Gasteiger partial charge on any atom is -1.00 e. The maximum atomic E-state index is 2.46. The highest BCUT2D eigenvalue weighted by atomic mass is 79.9. The molecule has 0 atom stereocenters. The van der Waals surface area contributed by atoms with E-state index in [-0.39, 0.29) is 17.0 Å². The lowest BCUT2D eigenvalue weighted by Crippen LogP contribution is -3.00. The third kappa shape index (κ3) is 3.98. The molecule has 2 heterocycles. The molecule has 2 rings (SSSR count). The van der Waals surface area contributed by atoms with Crippen LogP contribution >= 0.6 is 0 Å². The van der Waals surface area contributed by atoms with Crippen LogP contribution in [0.5, 0.6) is 0 Å². The summed E-state index contributed by atoms with van der Waals surface area (Å²) >= 11 is 0. The highest BCUT2D eigenvalue weighted by Gasteiger charge is 2.25. The van der Waals surface area contributed by atoms with Crippen LogP contribution in [0.2, 0.25) is 0 Å². The molecule has 3 heteroatoms. The molecule has 96 valence electrons. The van der Waals surface area contributed by atoms with Crippen LogP contribution in [0.1, 0.15) is 39.3 Å². The van der Waals surface area contributed by atoms with Gasteiger partial charge in [0, 0.05) is 18.6 Å². The van der Waals surface area contributed by atoms with Crippen molar-refractivity contribution < 1.29 is 21.7 Å². The fraction of sp³-hybridized carbons (Fsp3) is 0.643. The SMILES string of the molecule is CC(C)(C)Cc1cccc[n+]1N1CCCC1.[Br-]. The van der Waals surface area contributed by atoms with E-state index in [1.165, 1.54) is 31.6 Å². The maximum Gasteiger partial charge on any atom is 0.212 e. The van der Waals surface area contributed by atoms with Gasteiger partial charge in [-0.05, 0) is 24.3 Å². The zero-order chi connectivity index (χ0) is 11.6.